The quantitative estimate of drug-likeness (QED) is 0.631. The molecule has 1 aliphatic rings. The van der Waals surface area contributed by atoms with E-state index in [1.54, 1.807) is 35.2 Å². The van der Waals surface area contributed by atoms with Gasteiger partial charge in [-0.25, -0.2) is 4.79 Å². The number of carbonyl (C=O) groups excluding carboxylic acids is 1. The maximum atomic E-state index is 12.4. The molecule has 166 valence electrons. The van der Waals surface area contributed by atoms with Crippen LogP contribution in [0, 0.1) is 10.7 Å². The second-order valence-electron chi connectivity index (χ2n) is 8.47. The van der Waals surface area contributed by atoms with Crippen molar-refractivity contribution in [3.63, 3.8) is 0 Å². The van der Waals surface area contributed by atoms with E-state index in [9.17, 15) is 14.7 Å². The van der Waals surface area contributed by atoms with Crippen molar-refractivity contribution in [1.82, 2.24) is 14.5 Å². The molecule has 1 aromatic carbocycles. The molecule has 1 saturated heterocycles. The van der Waals surface area contributed by atoms with Gasteiger partial charge in [-0.05, 0) is 82.1 Å². The van der Waals surface area contributed by atoms with Crippen LogP contribution < -0.4 is 5.56 Å². The zero-order valence-electron chi connectivity index (χ0n) is 17.7. The minimum absolute atomic E-state index is 0.0904. The third kappa shape index (κ3) is 5.77. The zero-order chi connectivity index (χ0) is 22.8. The van der Waals surface area contributed by atoms with Gasteiger partial charge in [0.05, 0.1) is 11.3 Å². The van der Waals surface area contributed by atoms with Gasteiger partial charge in [0.1, 0.15) is 5.60 Å². The normalized spacial score (nSPS) is 15.4. The summed E-state index contributed by atoms with van der Waals surface area (Å²) in [6.07, 6.45) is 4.68. The summed E-state index contributed by atoms with van der Waals surface area (Å²) in [6.45, 7) is 6.67. The third-order valence-corrected chi connectivity index (χ3v) is 5.47. The Labute approximate surface area is 190 Å². The Morgan fingerprint density at radius 2 is 1.87 bits per heavy atom. The van der Waals surface area contributed by atoms with Crippen LogP contribution in [0.15, 0.2) is 35.1 Å². The highest BCUT2D eigenvalue weighted by molar-refractivity contribution is 7.71. The molecule has 1 amide bonds. The lowest BCUT2D eigenvalue weighted by molar-refractivity contribution is 0.0197. The Hall–Kier alpha value is -2.58. The van der Waals surface area contributed by atoms with Gasteiger partial charge < -0.3 is 14.7 Å². The number of halogens is 1. The molecule has 1 aliphatic heterocycles. The number of aromatic nitrogens is 2. The van der Waals surface area contributed by atoms with E-state index in [0.717, 1.165) is 12.8 Å². The first-order valence-corrected chi connectivity index (χ1v) is 10.8. The molecule has 0 bridgehead atoms. The largest absolute Gasteiger partial charge is 0.494 e. The summed E-state index contributed by atoms with van der Waals surface area (Å²) in [4.78, 5) is 28.9. The number of amides is 1. The third-order valence-electron chi connectivity index (χ3n) is 4.93. The molecule has 0 aliphatic carbocycles. The Bertz CT molecular complexity index is 1090. The molecule has 1 fully saturated rings. The number of allylic oxidation sites excluding steroid dienone is 1. The SMILES string of the molecule is CC(C)(C)OC(=O)N1CCC(C=Cc2c(O)n(-c3ccc(Cl)cc3)c(=S)[nH]c2=O)CC1. The van der Waals surface area contributed by atoms with E-state index in [1.165, 1.54) is 4.57 Å². The molecule has 2 aromatic rings. The molecule has 3 rings (SSSR count). The fourth-order valence-electron chi connectivity index (χ4n) is 3.35. The predicted octanol–water partition coefficient (Wildman–Crippen LogP) is 4.91. The number of carbonyl (C=O) groups is 1. The number of hydrogen-bond donors (Lipinski definition) is 2. The number of hydrogen-bond acceptors (Lipinski definition) is 5. The number of benzene rings is 1. The predicted molar refractivity (Wildman–Crippen MR) is 123 cm³/mol. The lowest BCUT2D eigenvalue weighted by atomic mass is 9.96. The lowest BCUT2D eigenvalue weighted by Crippen LogP contribution is -2.41. The number of likely N-dealkylation sites (tertiary alicyclic amines) is 1. The maximum Gasteiger partial charge on any atom is 0.410 e. The van der Waals surface area contributed by atoms with Crippen molar-refractivity contribution in [1.29, 1.82) is 0 Å². The molecule has 0 radical (unpaired) electrons. The van der Waals surface area contributed by atoms with Crippen LogP contribution in [0.4, 0.5) is 4.79 Å². The smallest absolute Gasteiger partial charge is 0.410 e. The molecule has 9 heteroatoms. The molecule has 0 spiro atoms. The van der Waals surface area contributed by atoms with Crippen LogP contribution in [-0.4, -0.2) is 44.3 Å². The number of H-pyrrole nitrogens is 1. The van der Waals surface area contributed by atoms with Crippen molar-refractivity contribution < 1.29 is 14.6 Å². The molecular weight excluding hydrogens is 438 g/mol. The van der Waals surface area contributed by atoms with Crippen LogP contribution in [0.25, 0.3) is 11.8 Å². The van der Waals surface area contributed by atoms with Crippen LogP contribution in [-0.2, 0) is 4.74 Å². The Morgan fingerprint density at radius 1 is 1.26 bits per heavy atom. The van der Waals surface area contributed by atoms with E-state index in [2.05, 4.69) is 4.98 Å². The highest BCUT2D eigenvalue weighted by atomic mass is 35.5. The van der Waals surface area contributed by atoms with E-state index in [4.69, 9.17) is 28.6 Å². The van der Waals surface area contributed by atoms with Crippen LogP contribution in [0.3, 0.4) is 0 Å². The summed E-state index contributed by atoms with van der Waals surface area (Å²) in [5.74, 6) is -0.0665. The van der Waals surface area contributed by atoms with Crippen molar-refractivity contribution >= 4 is 36.0 Å². The van der Waals surface area contributed by atoms with E-state index in [-0.39, 0.29) is 28.2 Å². The summed E-state index contributed by atoms with van der Waals surface area (Å²) >= 11 is 11.2. The fourth-order valence-corrected chi connectivity index (χ4v) is 3.76. The fraction of sp³-hybridized carbons (Fsp3) is 0.409. The molecule has 0 saturated carbocycles. The van der Waals surface area contributed by atoms with Gasteiger partial charge >= 0.3 is 6.09 Å². The van der Waals surface area contributed by atoms with E-state index < -0.39 is 11.2 Å². The first kappa shape index (κ1) is 23.1. The number of nitrogens with one attached hydrogen (secondary N) is 1. The van der Waals surface area contributed by atoms with Crippen LogP contribution in [0.2, 0.25) is 5.02 Å². The Kier molecular flexibility index (Phi) is 6.91. The monoisotopic (exact) mass is 463 g/mol. The molecular formula is C22H26ClN3O4S. The van der Waals surface area contributed by atoms with Gasteiger partial charge in [-0.2, -0.15) is 0 Å². The number of rotatable bonds is 3. The average Bonchev–Trinajstić information content (AvgIpc) is 2.68. The van der Waals surface area contributed by atoms with Crippen molar-refractivity contribution in [3.05, 3.63) is 56.1 Å². The van der Waals surface area contributed by atoms with Crippen molar-refractivity contribution in [3.8, 4) is 11.6 Å². The highest BCUT2D eigenvalue weighted by Crippen LogP contribution is 2.25. The van der Waals surface area contributed by atoms with Gasteiger partial charge in [-0.15, -0.1) is 0 Å². The molecule has 2 N–H and O–H groups in total. The van der Waals surface area contributed by atoms with E-state index in [1.807, 2.05) is 26.8 Å². The van der Waals surface area contributed by atoms with Crippen LogP contribution in [0.1, 0.15) is 39.2 Å². The molecule has 1 aromatic heterocycles. The minimum Gasteiger partial charge on any atom is -0.494 e. The van der Waals surface area contributed by atoms with Gasteiger partial charge in [0.2, 0.25) is 5.88 Å². The summed E-state index contributed by atoms with van der Waals surface area (Å²) in [5, 5.41) is 11.3. The summed E-state index contributed by atoms with van der Waals surface area (Å²) in [5.41, 5.74) is -0.278. The maximum absolute atomic E-state index is 12.4. The standard InChI is InChI=1S/C22H26ClN3O4S/c1-22(2,3)30-21(29)25-12-10-14(11-13-25)4-9-17-18(27)24-20(31)26(19(17)28)16-7-5-15(23)6-8-16/h4-9,14,28H,10-13H2,1-3H3,(H,24,27,31). The lowest BCUT2D eigenvalue weighted by Gasteiger charge is -2.32. The molecule has 7 nitrogen and oxygen atoms in total. The second kappa shape index (κ2) is 9.28. The molecule has 0 atom stereocenters. The second-order valence-corrected chi connectivity index (χ2v) is 9.30. The number of ether oxygens (including phenoxy) is 1. The van der Waals surface area contributed by atoms with Crippen LogP contribution in [0.5, 0.6) is 5.88 Å². The van der Waals surface area contributed by atoms with Crippen molar-refractivity contribution in [2.45, 2.75) is 39.2 Å². The minimum atomic E-state index is -0.525. The van der Waals surface area contributed by atoms with Gasteiger partial charge in [0, 0.05) is 18.1 Å². The zero-order valence-corrected chi connectivity index (χ0v) is 19.3. The van der Waals surface area contributed by atoms with Gasteiger partial charge in [0.25, 0.3) is 5.56 Å². The first-order valence-electron chi connectivity index (χ1n) is 10.1. The summed E-state index contributed by atoms with van der Waals surface area (Å²) in [6, 6.07) is 6.76. The van der Waals surface area contributed by atoms with Crippen molar-refractivity contribution in [2.24, 2.45) is 5.92 Å². The molecule has 2 heterocycles. The Morgan fingerprint density at radius 3 is 2.45 bits per heavy atom. The first-order chi connectivity index (χ1) is 14.5. The van der Waals surface area contributed by atoms with E-state index >= 15 is 0 Å². The summed E-state index contributed by atoms with van der Waals surface area (Å²) < 4.78 is 6.89. The van der Waals surface area contributed by atoms with Crippen molar-refractivity contribution in [2.75, 3.05) is 13.1 Å². The number of nitrogens with zero attached hydrogens (tertiary/aromatic N) is 2. The highest BCUT2D eigenvalue weighted by Gasteiger charge is 2.26. The summed E-state index contributed by atoms with van der Waals surface area (Å²) in [7, 11) is 0. The van der Waals surface area contributed by atoms with Gasteiger partial charge in [-0.3, -0.25) is 14.3 Å². The average molecular weight is 464 g/mol. The number of aromatic amines is 1. The molecule has 31 heavy (non-hydrogen) atoms. The van der Waals surface area contributed by atoms with Gasteiger partial charge in [0.15, 0.2) is 4.77 Å². The molecule has 0 unspecified atom stereocenters. The topological polar surface area (TPSA) is 87.6 Å². The van der Waals surface area contributed by atoms with Crippen LogP contribution >= 0.6 is 23.8 Å². The van der Waals surface area contributed by atoms with E-state index in [0.29, 0.717) is 23.8 Å². The Balaban J connectivity index is 1.75. The number of piperidine rings is 1. The number of aromatic hydroxyl groups is 1. The van der Waals surface area contributed by atoms with Gasteiger partial charge in [-0.1, -0.05) is 17.7 Å².